The fourth-order valence-electron chi connectivity index (χ4n) is 4.04. The van der Waals surface area contributed by atoms with Crippen LogP contribution in [0.5, 0.6) is 23.0 Å². The van der Waals surface area contributed by atoms with Gasteiger partial charge in [-0.05, 0) is 47.4 Å². The van der Waals surface area contributed by atoms with E-state index in [1.807, 2.05) is 37.4 Å². The number of aromatic nitrogens is 1. The van der Waals surface area contributed by atoms with Gasteiger partial charge in [0.2, 0.25) is 6.79 Å². The Balaban J connectivity index is 1.85. The van der Waals surface area contributed by atoms with Crippen LogP contribution in [0.4, 0.5) is 0 Å². The third-order valence-corrected chi connectivity index (χ3v) is 5.41. The smallest absolute Gasteiger partial charge is 0.231 e. The van der Waals surface area contributed by atoms with Gasteiger partial charge < -0.3 is 24.7 Å². The molecule has 2 N–H and O–H groups in total. The molecule has 1 aliphatic carbocycles. The van der Waals surface area contributed by atoms with Crippen LogP contribution in [0.25, 0.3) is 27.6 Å². The molecule has 3 aromatic rings. The van der Waals surface area contributed by atoms with Gasteiger partial charge in [-0.25, -0.2) is 0 Å². The van der Waals surface area contributed by atoms with E-state index in [0.717, 1.165) is 55.9 Å². The average Bonchev–Trinajstić information content (AvgIpc) is 3.17. The molecule has 0 amide bonds. The zero-order valence-corrected chi connectivity index (χ0v) is 16.0. The van der Waals surface area contributed by atoms with E-state index in [4.69, 9.17) is 29.7 Å². The topological polar surface area (TPSA) is 75.8 Å². The summed E-state index contributed by atoms with van der Waals surface area (Å²) < 4.78 is 22.1. The number of ether oxygens (including phenoxy) is 4. The first-order chi connectivity index (χ1) is 13.6. The Kier molecular flexibility index (Phi) is 3.62. The molecule has 1 aliphatic heterocycles. The number of pyridine rings is 1. The normalized spacial score (nSPS) is 15.8. The molecule has 0 atom stereocenters. The molecule has 1 aromatic heterocycles. The Morgan fingerprint density at radius 3 is 2.43 bits per heavy atom. The summed E-state index contributed by atoms with van der Waals surface area (Å²) in [6.45, 7) is 2.16. The van der Waals surface area contributed by atoms with Crippen molar-refractivity contribution >= 4 is 16.5 Å². The first kappa shape index (κ1) is 16.7. The summed E-state index contributed by atoms with van der Waals surface area (Å²) in [6, 6.07) is 7.95. The third kappa shape index (κ3) is 2.30. The van der Waals surface area contributed by atoms with Gasteiger partial charge in [0, 0.05) is 35.3 Å². The predicted octanol–water partition coefficient (Wildman–Crippen LogP) is 3.89. The molecule has 2 heterocycles. The highest BCUT2D eigenvalue weighted by Crippen LogP contribution is 2.48. The van der Waals surface area contributed by atoms with Crippen molar-refractivity contribution in [2.24, 2.45) is 5.73 Å². The summed E-state index contributed by atoms with van der Waals surface area (Å²) in [5.74, 6) is 2.85. The fraction of sp³-hybridized carbons (Fsp3) is 0.227. The van der Waals surface area contributed by atoms with Crippen LogP contribution in [-0.2, 0) is 6.42 Å². The molecule has 2 aliphatic rings. The Morgan fingerprint density at radius 1 is 1.00 bits per heavy atom. The van der Waals surface area contributed by atoms with Crippen LogP contribution >= 0.6 is 0 Å². The van der Waals surface area contributed by atoms with Crippen LogP contribution in [0.3, 0.4) is 0 Å². The summed E-state index contributed by atoms with van der Waals surface area (Å²) in [7, 11) is 3.28. The number of methoxy groups -OCH3 is 2. The largest absolute Gasteiger partial charge is 0.493 e. The number of hydrogen-bond donors (Lipinski definition) is 1. The van der Waals surface area contributed by atoms with Crippen LogP contribution < -0.4 is 24.7 Å². The number of benzene rings is 2. The summed E-state index contributed by atoms with van der Waals surface area (Å²) in [5, 5.41) is 1.00. The molecule has 28 heavy (non-hydrogen) atoms. The molecule has 6 nitrogen and oxygen atoms in total. The van der Waals surface area contributed by atoms with Gasteiger partial charge in [0.15, 0.2) is 23.0 Å². The van der Waals surface area contributed by atoms with Crippen molar-refractivity contribution in [2.45, 2.75) is 13.3 Å². The SMILES string of the molecule is COc1cc2c(cc1OC)-c1cnc3cc4c(cc3c1C(=C(C)N)C2)OCO4. The number of fused-ring (bicyclic) bond motifs is 6. The first-order valence-corrected chi connectivity index (χ1v) is 9.04. The van der Waals surface area contributed by atoms with Crippen molar-refractivity contribution in [1.29, 1.82) is 0 Å². The maximum atomic E-state index is 6.32. The standard InChI is InChI=1S/C22H20N2O4/c1-11(23)13-4-12-5-18(25-2)19(26-3)6-14(12)16-9-24-17-8-21-20(27-10-28-21)7-15(17)22(13)16/h5-9H,4,10,23H2,1-3H3. The minimum absolute atomic E-state index is 0.228. The molecule has 0 fully saturated rings. The lowest BCUT2D eigenvalue weighted by atomic mass is 9.80. The number of rotatable bonds is 2. The second-order valence-corrected chi connectivity index (χ2v) is 6.97. The lowest BCUT2D eigenvalue weighted by molar-refractivity contribution is 0.174. The molecule has 0 unspecified atom stereocenters. The fourth-order valence-corrected chi connectivity index (χ4v) is 4.04. The highest BCUT2D eigenvalue weighted by atomic mass is 16.7. The summed E-state index contributed by atoms with van der Waals surface area (Å²) >= 11 is 0. The second kappa shape index (κ2) is 6.05. The van der Waals surface area contributed by atoms with E-state index >= 15 is 0 Å². The van der Waals surface area contributed by atoms with Gasteiger partial charge in [-0.2, -0.15) is 0 Å². The third-order valence-electron chi connectivity index (χ3n) is 5.41. The maximum Gasteiger partial charge on any atom is 0.231 e. The molecule has 5 rings (SSSR count). The van der Waals surface area contributed by atoms with Crippen LogP contribution in [0.1, 0.15) is 18.1 Å². The number of nitrogens with two attached hydrogens (primary N) is 1. The number of hydrogen-bond acceptors (Lipinski definition) is 6. The number of allylic oxidation sites excluding steroid dienone is 2. The van der Waals surface area contributed by atoms with Gasteiger partial charge in [0.1, 0.15) is 0 Å². The van der Waals surface area contributed by atoms with E-state index in [1.165, 1.54) is 0 Å². The summed E-state index contributed by atoms with van der Waals surface area (Å²) in [5.41, 5.74) is 13.4. The predicted molar refractivity (Wildman–Crippen MR) is 107 cm³/mol. The number of nitrogens with zero attached hydrogens (tertiary/aromatic N) is 1. The van der Waals surface area contributed by atoms with E-state index < -0.39 is 0 Å². The summed E-state index contributed by atoms with van der Waals surface area (Å²) in [6.07, 6.45) is 2.60. The van der Waals surface area contributed by atoms with Crippen molar-refractivity contribution in [3.05, 3.63) is 47.3 Å². The van der Waals surface area contributed by atoms with Crippen LogP contribution in [0, 0.1) is 0 Å². The van der Waals surface area contributed by atoms with Gasteiger partial charge in [0.25, 0.3) is 0 Å². The Bertz CT molecular complexity index is 1160. The molecule has 0 spiro atoms. The van der Waals surface area contributed by atoms with Crippen molar-refractivity contribution in [1.82, 2.24) is 4.98 Å². The molecule has 0 bridgehead atoms. The molecular weight excluding hydrogens is 356 g/mol. The second-order valence-electron chi connectivity index (χ2n) is 6.97. The molecule has 0 saturated carbocycles. The minimum Gasteiger partial charge on any atom is -0.493 e. The highest BCUT2D eigenvalue weighted by molar-refractivity contribution is 6.03. The van der Waals surface area contributed by atoms with Gasteiger partial charge in [0.05, 0.1) is 19.7 Å². The zero-order valence-electron chi connectivity index (χ0n) is 16.0. The van der Waals surface area contributed by atoms with E-state index in [0.29, 0.717) is 17.9 Å². The van der Waals surface area contributed by atoms with Crippen LogP contribution in [0.2, 0.25) is 0 Å². The van der Waals surface area contributed by atoms with Crippen molar-refractivity contribution in [3.8, 4) is 34.1 Å². The Morgan fingerprint density at radius 2 is 1.71 bits per heavy atom. The molecular formula is C22H20N2O4. The van der Waals surface area contributed by atoms with Crippen molar-refractivity contribution < 1.29 is 18.9 Å². The molecule has 0 radical (unpaired) electrons. The lowest BCUT2D eigenvalue weighted by Crippen LogP contribution is -2.10. The van der Waals surface area contributed by atoms with E-state index in [1.54, 1.807) is 14.2 Å². The lowest BCUT2D eigenvalue weighted by Gasteiger charge is -2.26. The van der Waals surface area contributed by atoms with E-state index in [2.05, 4.69) is 0 Å². The molecule has 142 valence electrons. The van der Waals surface area contributed by atoms with Gasteiger partial charge in [-0.3, -0.25) is 4.98 Å². The Labute approximate surface area is 162 Å². The maximum absolute atomic E-state index is 6.32. The van der Waals surface area contributed by atoms with Crippen molar-refractivity contribution in [2.75, 3.05) is 21.0 Å². The highest BCUT2D eigenvalue weighted by Gasteiger charge is 2.27. The quantitative estimate of drug-likeness (QED) is 0.731. The van der Waals surface area contributed by atoms with Crippen LogP contribution in [-0.4, -0.2) is 26.0 Å². The first-order valence-electron chi connectivity index (χ1n) is 9.04. The average molecular weight is 376 g/mol. The van der Waals surface area contributed by atoms with E-state index in [-0.39, 0.29) is 6.79 Å². The van der Waals surface area contributed by atoms with Gasteiger partial charge in [-0.15, -0.1) is 0 Å². The summed E-state index contributed by atoms with van der Waals surface area (Å²) in [4.78, 5) is 4.69. The molecule has 2 aromatic carbocycles. The monoisotopic (exact) mass is 376 g/mol. The van der Waals surface area contributed by atoms with Crippen LogP contribution in [0.15, 0.2) is 36.2 Å². The van der Waals surface area contributed by atoms with E-state index in [9.17, 15) is 0 Å². The minimum atomic E-state index is 0.228. The van der Waals surface area contributed by atoms with Gasteiger partial charge in [-0.1, -0.05) is 0 Å². The molecule has 6 heteroatoms. The zero-order chi connectivity index (χ0) is 19.4. The Hall–Kier alpha value is -3.41. The van der Waals surface area contributed by atoms with Gasteiger partial charge >= 0.3 is 0 Å². The molecule has 0 saturated heterocycles. The van der Waals surface area contributed by atoms with Crippen molar-refractivity contribution in [3.63, 3.8) is 0 Å².